The van der Waals surface area contributed by atoms with Crippen molar-refractivity contribution in [2.45, 2.75) is 58.6 Å². The number of nitrogens with zero attached hydrogens (tertiary/aromatic N) is 2. The average Bonchev–Trinajstić information content (AvgIpc) is 3.57. The first-order valence-corrected chi connectivity index (χ1v) is 14.3. The monoisotopic (exact) mass is 529 g/mol. The van der Waals surface area contributed by atoms with Gasteiger partial charge in [0.1, 0.15) is 10.8 Å². The zero-order chi connectivity index (χ0) is 26.6. The zero-order valence-corrected chi connectivity index (χ0v) is 23.1. The lowest BCUT2D eigenvalue weighted by Crippen LogP contribution is -2.45. The molecule has 1 fully saturated rings. The van der Waals surface area contributed by atoms with Crippen molar-refractivity contribution < 1.29 is 14.6 Å². The largest absolute Gasteiger partial charge is 0.490 e. The van der Waals surface area contributed by atoms with Crippen molar-refractivity contribution in [2.75, 3.05) is 19.7 Å². The van der Waals surface area contributed by atoms with Gasteiger partial charge in [0.05, 0.1) is 22.6 Å². The van der Waals surface area contributed by atoms with Crippen LogP contribution in [0.1, 0.15) is 62.8 Å². The highest BCUT2D eigenvalue weighted by Crippen LogP contribution is 2.41. The number of benzene rings is 2. The minimum Gasteiger partial charge on any atom is -0.490 e. The molecule has 1 aliphatic carbocycles. The van der Waals surface area contributed by atoms with Gasteiger partial charge in [-0.25, -0.2) is 9.78 Å². The minimum atomic E-state index is 0.000551. The Kier molecular flexibility index (Phi) is 8.01. The van der Waals surface area contributed by atoms with Gasteiger partial charge in [-0.2, -0.15) is 0 Å². The maximum atomic E-state index is 13.0. The van der Waals surface area contributed by atoms with Gasteiger partial charge in [0.25, 0.3) is 0 Å². The molecule has 2 aliphatic rings. The highest BCUT2D eigenvalue weighted by molar-refractivity contribution is 7.18. The molecular weight excluding hydrogens is 494 g/mol. The number of carbonyl (C=O) groups is 1. The second-order valence-corrected chi connectivity index (χ2v) is 11.3. The summed E-state index contributed by atoms with van der Waals surface area (Å²) in [5, 5.41) is 13.6. The van der Waals surface area contributed by atoms with E-state index in [0.29, 0.717) is 19.0 Å². The fourth-order valence-electron chi connectivity index (χ4n) is 5.38. The van der Waals surface area contributed by atoms with Crippen molar-refractivity contribution in [2.24, 2.45) is 5.92 Å². The summed E-state index contributed by atoms with van der Waals surface area (Å²) in [6, 6.07) is 12.5. The molecule has 2 aromatic carbocycles. The Balaban J connectivity index is 1.34. The van der Waals surface area contributed by atoms with Gasteiger partial charge in [0.15, 0.2) is 0 Å². The van der Waals surface area contributed by atoms with Crippen LogP contribution in [-0.2, 0) is 6.42 Å². The van der Waals surface area contributed by atoms with E-state index in [-0.39, 0.29) is 24.8 Å². The number of ether oxygens (including phenoxy) is 1. The number of hydrogen-bond donors (Lipinski definition) is 2. The van der Waals surface area contributed by atoms with Gasteiger partial charge < -0.3 is 20.1 Å². The maximum absolute atomic E-state index is 13.0. The molecule has 0 bridgehead atoms. The summed E-state index contributed by atoms with van der Waals surface area (Å²) in [5.74, 6) is 7.26. The molecular formula is C31H35N3O3S. The molecule has 0 radical (unpaired) electrons. The molecule has 38 heavy (non-hydrogen) atoms. The lowest BCUT2D eigenvalue weighted by molar-refractivity contribution is 0.135. The lowest BCUT2D eigenvalue weighted by atomic mass is 9.98. The first kappa shape index (κ1) is 26.3. The third-order valence-electron chi connectivity index (χ3n) is 7.35. The molecule has 1 aliphatic heterocycles. The number of nitrogens with one attached hydrogen (secondary N) is 1. The van der Waals surface area contributed by atoms with Crippen LogP contribution in [0.15, 0.2) is 42.6 Å². The van der Waals surface area contributed by atoms with Crippen LogP contribution in [0, 0.1) is 17.8 Å². The predicted octanol–water partition coefficient (Wildman–Crippen LogP) is 6.04. The predicted molar refractivity (Wildman–Crippen MR) is 152 cm³/mol. The molecule has 198 valence electrons. The number of urea groups is 1. The summed E-state index contributed by atoms with van der Waals surface area (Å²) in [6.07, 6.45) is 5.58. The summed E-state index contributed by atoms with van der Waals surface area (Å²) in [5.41, 5.74) is 5.59. The van der Waals surface area contributed by atoms with Crippen LogP contribution in [0.25, 0.3) is 21.0 Å². The third kappa shape index (κ3) is 5.57. The number of aliphatic hydroxyl groups is 1. The highest BCUT2D eigenvalue weighted by atomic mass is 32.1. The summed E-state index contributed by atoms with van der Waals surface area (Å²) in [4.78, 5) is 20.7. The fraction of sp³-hybridized carbons (Fsp3) is 0.419. The molecule has 3 aromatic rings. The smallest absolute Gasteiger partial charge is 0.317 e. The van der Waals surface area contributed by atoms with Crippen LogP contribution in [0.3, 0.4) is 0 Å². The van der Waals surface area contributed by atoms with Crippen molar-refractivity contribution in [1.29, 1.82) is 0 Å². The maximum Gasteiger partial charge on any atom is 0.317 e. The van der Waals surface area contributed by atoms with E-state index in [9.17, 15) is 9.90 Å². The Morgan fingerprint density at radius 2 is 2.05 bits per heavy atom. The summed E-state index contributed by atoms with van der Waals surface area (Å²) in [6.45, 7) is 7.48. The van der Waals surface area contributed by atoms with E-state index in [4.69, 9.17) is 9.72 Å². The second kappa shape index (κ2) is 11.6. The van der Waals surface area contributed by atoms with Crippen molar-refractivity contribution in [1.82, 2.24) is 15.2 Å². The Labute approximate surface area is 229 Å². The number of hydrogen-bond acceptors (Lipinski definition) is 5. The molecule has 1 saturated heterocycles. The summed E-state index contributed by atoms with van der Waals surface area (Å²) in [7, 11) is 0. The van der Waals surface area contributed by atoms with Gasteiger partial charge in [-0.15, -0.1) is 17.3 Å². The Hall–Kier alpha value is -3.34. The second-order valence-electron chi connectivity index (χ2n) is 10.3. The SMILES string of the molecule is CC#Cc1cc(-c2ncc(-c3cccc4c3CCC4NC(=O)N3CCC(CO)CC3)s2)ccc1OC(C)C. The van der Waals surface area contributed by atoms with E-state index >= 15 is 0 Å². The molecule has 2 amide bonds. The number of piperidine rings is 1. The minimum absolute atomic E-state index is 0.000551. The number of aliphatic hydroxyl groups excluding tert-OH is 1. The standard InChI is InChI=1S/C31H35N3O3S/c1-4-6-22-17-23(9-12-28(22)37-20(2)3)30-32-18-29(38-30)26-8-5-7-25-24(26)10-11-27(25)33-31(36)34-15-13-21(19-35)14-16-34/h5,7-9,12,17-18,20-21,27,35H,10-11,13-16,19H2,1-3H3,(H,33,36). The highest BCUT2D eigenvalue weighted by Gasteiger charge is 2.29. The topological polar surface area (TPSA) is 74.7 Å². The van der Waals surface area contributed by atoms with Crippen LogP contribution in [0.2, 0.25) is 0 Å². The molecule has 5 rings (SSSR count). The van der Waals surface area contributed by atoms with Gasteiger partial charge in [0, 0.05) is 31.5 Å². The van der Waals surface area contributed by atoms with Crippen molar-refractivity contribution in [3.8, 4) is 38.6 Å². The van der Waals surface area contributed by atoms with Gasteiger partial charge in [0.2, 0.25) is 0 Å². The lowest BCUT2D eigenvalue weighted by Gasteiger charge is -2.32. The van der Waals surface area contributed by atoms with Gasteiger partial charge in [-0.05, 0) is 87.3 Å². The number of carbonyl (C=O) groups excluding carboxylic acids is 1. The summed E-state index contributed by atoms with van der Waals surface area (Å²) < 4.78 is 5.94. The zero-order valence-electron chi connectivity index (χ0n) is 22.3. The van der Waals surface area contributed by atoms with E-state index in [1.807, 2.05) is 44.0 Å². The summed E-state index contributed by atoms with van der Waals surface area (Å²) >= 11 is 1.68. The van der Waals surface area contributed by atoms with E-state index in [2.05, 4.69) is 41.4 Å². The van der Waals surface area contributed by atoms with Crippen molar-refractivity contribution in [3.63, 3.8) is 0 Å². The molecule has 1 unspecified atom stereocenters. The Morgan fingerprint density at radius 1 is 1.24 bits per heavy atom. The number of rotatable bonds is 6. The molecule has 7 heteroatoms. The van der Waals surface area contributed by atoms with Crippen LogP contribution in [0.5, 0.6) is 5.75 Å². The molecule has 2 heterocycles. The van der Waals surface area contributed by atoms with Gasteiger partial charge in [-0.3, -0.25) is 0 Å². The first-order chi connectivity index (χ1) is 18.5. The molecule has 0 spiro atoms. The van der Waals surface area contributed by atoms with E-state index < -0.39 is 0 Å². The number of aromatic nitrogens is 1. The average molecular weight is 530 g/mol. The fourth-order valence-corrected chi connectivity index (χ4v) is 6.34. The quantitative estimate of drug-likeness (QED) is 0.382. The van der Waals surface area contributed by atoms with Crippen molar-refractivity contribution in [3.05, 3.63) is 59.3 Å². The van der Waals surface area contributed by atoms with E-state index in [1.54, 1.807) is 11.3 Å². The molecule has 1 aromatic heterocycles. The molecule has 2 N–H and O–H groups in total. The number of thiazole rings is 1. The Morgan fingerprint density at radius 3 is 2.79 bits per heavy atom. The number of likely N-dealkylation sites (tertiary alicyclic amines) is 1. The van der Waals surface area contributed by atoms with Crippen LogP contribution >= 0.6 is 11.3 Å². The molecule has 6 nitrogen and oxygen atoms in total. The molecule has 1 atom stereocenters. The molecule has 0 saturated carbocycles. The Bertz CT molecular complexity index is 1360. The van der Waals surface area contributed by atoms with Crippen molar-refractivity contribution >= 4 is 17.4 Å². The van der Waals surface area contributed by atoms with Gasteiger partial charge in [-0.1, -0.05) is 24.1 Å². The van der Waals surface area contributed by atoms with Crippen LogP contribution in [-0.4, -0.2) is 46.8 Å². The van der Waals surface area contributed by atoms with E-state index in [0.717, 1.165) is 52.4 Å². The number of fused-ring (bicyclic) bond motifs is 1. The number of amides is 2. The van der Waals surface area contributed by atoms with Crippen LogP contribution in [0.4, 0.5) is 4.79 Å². The third-order valence-corrected chi connectivity index (χ3v) is 8.43. The van der Waals surface area contributed by atoms with E-state index in [1.165, 1.54) is 16.7 Å². The normalized spacial score (nSPS) is 17.2. The first-order valence-electron chi connectivity index (χ1n) is 13.4. The van der Waals surface area contributed by atoms with Crippen LogP contribution < -0.4 is 10.1 Å². The van der Waals surface area contributed by atoms with Gasteiger partial charge >= 0.3 is 6.03 Å².